The zero-order valence-electron chi connectivity index (χ0n) is 16.8. The Balaban J connectivity index is 0.00000300. The van der Waals surface area contributed by atoms with Crippen molar-refractivity contribution in [3.05, 3.63) is 11.6 Å². The average Bonchev–Trinajstić information content (AvgIpc) is 3.13. The lowest BCUT2D eigenvalue weighted by Gasteiger charge is -2.19. The summed E-state index contributed by atoms with van der Waals surface area (Å²) in [7, 11) is 0. The normalized spacial score (nSPS) is 20.7. The lowest BCUT2D eigenvalue weighted by atomic mass is 10.2. The van der Waals surface area contributed by atoms with Crippen LogP contribution in [0, 0.1) is 0 Å². The van der Waals surface area contributed by atoms with Crippen LogP contribution < -0.4 is 10.6 Å². The summed E-state index contributed by atoms with van der Waals surface area (Å²) in [5.74, 6) is 2.68. The number of aromatic nitrogens is 3. The molecule has 0 spiro atoms. The smallest absolute Gasteiger partial charge is 0.357 e. The summed E-state index contributed by atoms with van der Waals surface area (Å²) in [5, 5.41) is 15.1. The zero-order chi connectivity index (χ0) is 20.0. The van der Waals surface area contributed by atoms with Crippen LogP contribution in [0.1, 0.15) is 44.3 Å². The second-order valence-electron chi connectivity index (χ2n) is 7.49. The van der Waals surface area contributed by atoms with Crippen LogP contribution in [0.4, 0.5) is 13.2 Å². The quantitative estimate of drug-likeness (QED) is 0.337. The number of hydrogen-bond donors (Lipinski definition) is 2. The predicted octanol–water partition coefficient (Wildman–Crippen LogP) is 2.36. The third-order valence-electron chi connectivity index (χ3n) is 5.15. The van der Waals surface area contributed by atoms with Gasteiger partial charge in [-0.25, -0.2) is 0 Å². The van der Waals surface area contributed by atoms with Gasteiger partial charge in [0.15, 0.2) is 5.96 Å². The molecule has 2 aliphatic rings. The van der Waals surface area contributed by atoms with Gasteiger partial charge in [0.05, 0.1) is 6.54 Å². The summed E-state index contributed by atoms with van der Waals surface area (Å²) >= 11 is 0. The maximum atomic E-state index is 12.6. The first-order valence-electron chi connectivity index (χ1n) is 10.2. The van der Waals surface area contributed by atoms with Crippen LogP contribution in [0.3, 0.4) is 0 Å². The molecule has 11 heteroatoms. The molecule has 7 nitrogen and oxygen atoms in total. The molecule has 0 amide bonds. The minimum atomic E-state index is -4.15. The van der Waals surface area contributed by atoms with E-state index in [4.69, 9.17) is 0 Å². The SMILES string of the molecule is CCNC(=NCCc1nnc2n1CCCCC2)NC1CCN(CC(F)(F)F)C1.I. The number of alkyl halides is 3. The standard InChI is InChI=1S/C18H30F3N7.HI/c1-2-22-17(24-14-8-11-27(12-14)13-18(19,20)21)23-9-7-16-26-25-15-6-4-3-5-10-28(15)16;/h14H,2-13H2,1H3,(H2,22,23,24);1H. The second-order valence-corrected chi connectivity index (χ2v) is 7.49. The van der Waals surface area contributed by atoms with E-state index in [1.165, 1.54) is 11.3 Å². The fourth-order valence-corrected chi connectivity index (χ4v) is 3.86. The number of nitrogens with one attached hydrogen (secondary N) is 2. The number of rotatable bonds is 6. The largest absolute Gasteiger partial charge is 0.401 e. The fraction of sp³-hybridized carbons (Fsp3) is 0.833. The summed E-state index contributed by atoms with van der Waals surface area (Å²) in [6.45, 7) is 4.18. The number of aliphatic imine (C=N–C) groups is 1. The van der Waals surface area contributed by atoms with Crippen LogP contribution in [0.2, 0.25) is 0 Å². The minimum Gasteiger partial charge on any atom is -0.357 e. The second kappa shape index (κ2) is 11.3. The summed E-state index contributed by atoms with van der Waals surface area (Å²) < 4.78 is 39.9. The Morgan fingerprint density at radius 3 is 2.79 bits per heavy atom. The summed E-state index contributed by atoms with van der Waals surface area (Å²) in [6, 6.07) is -0.0236. The molecule has 0 radical (unpaired) electrons. The van der Waals surface area contributed by atoms with Gasteiger partial charge in [0, 0.05) is 51.6 Å². The fourth-order valence-electron chi connectivity index (χ4n) is 3.86. The molecule has 1 atom stereocenters. The van der Waals surface area contributed by atoms with Gasteiger partial charge in [-0.05, 0) is 26.2 Å². The molecule has 3 rings (SSSR count). The average molecular weight is 529 g/mol. The van der Waals surface area contributed by atoms with Crippen molar-refractivity contribution in [2.45, 2.75) is 64.2 Å². The van der Waals surface area contributed by atoms with E-state index in [0.29, 0.717) is 45.0 Å². The first kappa shape index (κ1) is 24.2. The van der Waals surface area contributed by atoms with Gasteiger partial charge in [0.25, 0.3) is 0 Å². The van der Waals surface area contributed by atoms with Gasteiger partial charge in [-0.2, -0.15) is 13.2 Å². The van der Waals surface area contributed by atoms with Crippen molar-refractivity contribution in [2.75, 3.05) is 32.7 Å². The van der Waals surface area contributed by atoms with Crippen LogP contribution >= 0.6 is 24.0 Å². The van der Waals surface area contributed by atoms with Crippen molar-refractivity contribution in [1.29, 1.82) is 0 Å². The molecule has 3 heterocycles. The number of aryl methyl sites for hydroxylation is 1. The molecule has 0 aromatic carbocycles. The summed E-state index contributed by atoms with van der Waals surface area (Å²) in [5.41, 5.74) is 0. The molecule has 166 valence electrons. The topological polar surface area (TPSA) is 70.4 Å². The minimum absolute atomic E-state index is 0. The molecular weight excluding hydrogens is 498 g/mol. The van der Waals surface area contributed by atoms with E-state index >= 15 is 0 Å². The zero-order valence-corrected chi connectivity index (χ0v) is 19.2. The Hall–Kier alpha value is -1.11. The number of fused-ring (bicyclic) bond motifs is 1. The number of halogens is 4. The van der Waals surface area contributed by atoms with E-state index in [2.05, 4.69) is 30.4 Å². The highest BCUT2D eigenvalue weighted by Crippen LogP contribution is 2.20. The van der Waals surface area contributed by atoms with Crippen LogP contribution in [0.25, 0.3) is 0 Å². The molecule has 1 aromatic heterocycles. The van der Waals surface area contributed by atoms with Crippen molar-refractivity contribution in [3.8, 4) is 0 Å². The Morgan fingerprint density at radius 1 is 1.21 bits per heavy atom. The van der Waals surface area contributed by atoms with Gasteiger partial charge in [-0.3, -0.25) is 9.89 Å². The van der Waals surface area contributed by atoms with Gasteiger partial charge < -0.3 is 15.2 Å². The van der Waals surface area contributed by atoms with Gasteiger partial charge in [0.2, 0.25) is 0 Å². The Morgan fingerprint density at radius 2 is 2.03 bits per heavy atom. The number of hydrogen-bond acceptors (Lipinski definition) is 4. The highest BCUT2D eigenvalue weighted by atomic mass is 127. The molecule has 29 heavy (non-hydrogen) atoms. The Kier molecular flexibility index (Phi) is 9.44. The highest BCUT2D eigenvalue weighted by Gasteiger charge is 2.34. The van der Waals surface area contributed by atoms with E-state index in [0.717, 1.165) is 37.5 Å². The molecule has 0 bridgehead atoms. The highest BCUT2D eigenvalue weighted by molar-refractivity contribution is 14.0. The monoisotopic (exact) mass is 529 g/mol. The molecule has 1 saturated heterocycles. The first-order chi connectivity index (χ1) is 13.4. The van der Waals surface area contributed by atoms with Gasteiger partial charge in [-0.1, -0.05) is 6.42 Å². The van der Waals surface area contributed by atoms with E-state index in [1.807, 2.05) is 6.92 Å². The van der Waals surface area contributed by atoms with E-state index in [-0.39, 0.29) is 30.0 Å². The van der Waals surface area contributed by atoms with Crippen LogP contribution in [-0.4, -0.2) is 70.6 Å². The van der Waals surface area contributed by atoms with Gasteiger partial charge in [0.1, 0.15) is 11.6 Å². The molecule has 2 aliphatic heterocycles. The Labute approximate surface area is 186 Å². The van der Waals surface area contributed by atoms with E-state index in [1.54, 1.807) is 0 Å². The third kappa shape index (κ3) is 7.58. The predicted molar refractivity (Wildman–Crippen MR) is 117 cm³/mol. The van der Waals surface area contributed by atoms with E-state index < -0.39 is 12.7 Å². The summed E-state index contributed by atoms with van der Waals surface area (Å²) in [4.78, 5) is 6.03. The van der Waals surface area contributed by atoms with E-state index in [9.17, 15) is 13.2 Å². The maximum Gasteiger partial charge on any atom is 0.401 e. The number of guanidine groups is 1. The van der Waals surface area contributed by atoms with Crippen LogP contribution in [0.5, 0.6) is 0 Å². The lowest BCUT2D eigenvalue weighted by molar-refractivity contribution is -0.143. The van der Waals surface area contributed by atoms with Crippen molar-refractivity contribution in [1.82, 2.24) is 30.3 Å². The number of likely N-dealkylation sites (tertiary alicyclic amines) is 1. The van der Waals surface area contributed by atoms with Crippen LogP contribution in [0.15, 0.2) is 4.99 Å². The molecule has 1 unspecified atom stereocenters. The van der Waals surface area contributed by atoms with Crippen molar-refractivity contribution < 1.29 is 13.2 Å². The molecule has 1 fully saturated rings. The van der Waals surface area contributed by atoms with Crippen LogP contribution in [-0.2, 0) is 19.4 Å². The third-order valence-corrected chi connectivity index (χ3v) is 5.15. The van der Waals surface area contributed by atoms with Gasteiger partial charge >= 0.3 is 6.18 Å². The number of nitrogens with zero attached hydrogens (tertiary/aromatic N) is 5. The lowest BCUT2D eigenvalue weighted by Crippen LogP contribution is -2.45. The maximum absolute atomic E-state index is 12.6. The molecule has 2 N–H and O–H groups in total. The van der Waals surface area contributed by atoms with Crippen molar-refractivity contribution in [3.63, 3.8) is 0 Å². The van der Waals surface area contributed by atoms with Gasteiger partial charge in [-0.15, -0.1) is 34.2 Å². The molecule has 1 aromatic rings. The Bertz CT molecular complexity index is 662. The summed E-state index contributed by atoms with van der Waals surface area (Å²) in [6.07, 6.45) is 1.76. The first-order valence-corrected chi connectivity index (χ1v) is 10.2. The molecular formula is C18H31F3IN7. The molecule has 0 saturated carbocycles. The molecule has 0 aliphatic carbocycles. The van der Waals surface area contributed by atoms with Crippen molar-refractivity contribution >= 4 is 29.9 Å². The van der Waals surface area contributed by atoms with Crippen molar-refractivity contribution in [2.24, 2.45) is 4.99 Å².